The summed E-state index contributed by atoms with van der Waals surface area (Å²) in [5.41, 5.74) is 3.76. The lowest BCUT2D eigenvalue weighted by Crippen LogP contribution is -2.14. The van der Waals surface area contributed by atoms with Crippen LogP contribution in [-0.4, -0.2) is 46.1 Å². The summed E-state index contributed by atoms with van der Waals surface area (Å²) in [6, 6.07) is 11.2. The molecule has 0 unspecified atom stereocenters. The highest BCUT2D eigenvalue weighted by atomic mass is 32.2. The first-order valence-electron chi connectivity index (χ1n) is 8.53. The summed E-state index contributed by atoms with van der Waals surface area (Å²) in [6.07, 6.45) is 1.51. The molecule has 0 fully saturated rings. The van der Waals surface area contributed by atoms with Gasteiger partial charge in [-0.1, -0.05) is 0 Å². The number of hydrogen-bond acceptors (Lipinski definition) is 7. The van der Waals surface area contributed by atoms with Crippen LogP contribution in [0, 0.1) is 6.92 Å². The molecular formula is C19H21N5O3S. The highest BCUT2D eigenvalue weighted by Gasteiger charge is 2.10. The predicted molar refractivity (Wildman–Crippen MR) is 108 cm³/mol. The summed E-state index contributed by atoms with van der Waals surface area (Å²) in [5, 5.41) is 13.9. The minimum atomic E-state index is -0.0571. The lowest BCUT2D eigenvalue weighted by atomic mass is 10.1. The van der Waals surface area contributed by atoms with E-state index < -0.39 is 0 Å². The smallest absolute Gasteiger partial charge is 0.234 e. The Morgan fingerprint density at radius 1 is 1.14 bits per heavy atom. The second-order valence-electron chi connectivity index (χ2n) is 5.98. The summed E-state index contributed by atoms with van der Waals surface area (Å²) in [6.45, 7) is 2.02. The number of benzene rings is 2. The van der Waals surface area contributed by atoms with Crippen LogP contribution >= 0.6 is 11.8 Å². The molecule has 2 aromatic carbocycles. The summed E-state index contributed by atoms with van der Waals surface area (Å²) in [5.74, 6) is 2.39. The molecule has 146 valence electrons. The summed E-state index contributed by atoms with van der Waals surface area (Å²) >= 11 is 1.54. The fourth-order valence-corrected chi connectivity index (χ4v) is 3.50. The maximum absolute atomic E-state index is 12.2. The first-order valence-corrected chi connectivity index (χ1v) is 9.68. The van der Waals surface area contributed by atoms with Crippen LogP contribution < -0.4 is 14.8 Å². The number of ether oxygens (including phenoxy) is 2. The van der Waals surface area contributed by atoms with Crippen molar-refractivity contribution in [1.82, 2.24) is 20.2 Å². The fourth-order valence-electron chi connectivity index (χ4n) is 2.61. The van der Waals surface area contributed by atoms with Crippen LogP contribution in [0.15, 0.2) is 42.7 Å². The summed E-state index contributed by atoms with van der Waals surface area (Å²) in [4.78, 5) is 12.2. The molecule has 3 aromatic rings. The summed E-state index contributed by atoms with van der Waals surface area (Å²) < 4.78 is 12.2. The zero-order chi connectivity index (χ0) is 19.9. The summed E-state index contributed by atoms with van der Waals surface area (Å²) in [7, 11) is 3.23. The molecule has 28 heavy (non-hydrogen) atoms. The number of nitrogens with one attached hydrogen (secondary N) is 1. The Morgan fingerprint density at radius 3 is 2.50 bits per heavy atom. The second-order valence-corrected chi connectivity index (χ2v) is 6.96. The number of carbonyl (C=O) groups excluding carboxylic acids is 1. The van der Waals surface area contributed by atoms with E-state index in [0.717, 1.165) is 22.5 Å². The Labute approximate surface area is 167 Å². The van der Waals surface area contributed by atoms with E-state index in [1.54, 1.807) is 30.7 Å². The van der Waals surface area contributed by atoms with E-state index >= 15 is 0 Å². The minimum Gasteiger partial charge on any atom is -0.493 e. The Hall–Kier alpha value is -3.07. The molecule has 0 aliphatic carbocycles. The molecule has 0 radical (unpaired) electrons. The first-order chi connectivity index (χ1) is 13.6. The van der Waals surface area contributed by atoms with Gasteiger partial charge in [0.15, 0.2) is 11.5 Å². The SMILES string of the molecule is COc1cc(C)c(CSCC(=O)Nc2ccc(-n3cnnn3)cc2)cc1OC. The quantitative estimate of drug-likeness (QED) is 0.623. The number of methoxy groups -OCH3 is 2. The molecule has 3 rings (SSSR count). The van der Waals surface area contributed by atoms with Gasteiger partial charge in [-0.15, -0.1) is 16.9 Å². The largest absolute Gasteiger partial charge is 0.493 e. The maximum Gasteiger partial charge on any atom is 0.234 e. The first kappa shape index (κ1) is 19.7. The number of amides is 1. The van der Waals surface area contributed by atoms with Crippen molar-refractivity contribution < 1.29 is 14.3 Å². The molecule has 0 aliphatic heterocycles. The van der Waals surface area contributed by atoms with E-state index in [2.05, 4.69) is 20.8 Å². The normalized spacial score (nSPS) is 10.5. The van der Waals surface area contributed by atoms with Crippen molar-refractivity contribution in [2.45, 2.75) is 12.7 Å². The van der Waals surface area contributed by atoms with Crippen LogP contribution in [0.4, 0.5) is 5.69 Å². The lowest BCUT2D eigenvalue weighted by molar-refractivity contribution is -0.113. The lowest BCUT2D eigenvalue weighted by Gasteiger charge is -2.12. The van der Waals surface area contributed by atoms with E-state index in [1.807, 2.05) is 43.3 Å². The van der Waals surface area contributed by atoms with Crippen LogP contribution in [-0.2, 0) is 10.5 Å². The molecule has 0 bridgehead atoms. The third kappa shape index (κ3) is 4.80. The van der Waals surface area contributed by atoms with Gasteiger partial charge in [0.05, 0.1) is 25.7 Å². The van der Waals surface area contributed by atoms with Crippen LogP contribution in [0.2, 0.25) is 0 Å². The van der Waals surface area contributed by atoms with E-state index in [0.29, 0.717) is 23.0 Å². The van der Waals surface area contributed by atoms with Crippen molar-refractivity contribution >= 4 is 23.4 Å². The van der Waals surface area contributed by atoms with Gasteiger partial charge in [0.1, 0.15) is 6.33 Å². The molecule has 1 amide bonds. The molecule has 9 heteroatoms. The van der Waals surface area contributed by atoms with Gasteiger partial charge < -0.3 is 14.8 Å². The molecule has 0 spiro atoms. The number of tetrazole rings is 1. The third-order valence-electron chi connectivity index (χ3n) is 4.10. The van der Waals surface area contributed by atoms with Crippen LogP contribution in [0.25, 0.3) is 5.69 Å². The molecule has 0 aliphatic rings. The average Bonchev–Trinajstić information content (AvgIpc) is 3.24. The highest BCUT2D eigenvalue weighted by molar-refractivity contribution is 7.99. The third-order valence-corrected chi connectivity index (χ3v) is 5.08. The van der Waals surface area contributed by atoms with Crippen molar-refractivity contribution in [3.8, 4) is 17.2 Å². The van der Waals surface area contributed by atoms with Gasteiger partial charge in [-0.3, -0.25) is 4.79 Å². The molecule has 1 aromatic heterocycles. The molecule has 1 N–H and O–H groups in total. The number of thioether (sulfide) groups is 1. The zero-order valence-electron chi connectivity index (χ0n) is 15.9. The van der Waals surface area contributed by atoms with E-state index in [4.69, 9.17) is 9.47 Å². The molecule has 1 heterocycles. The fraction of sp³-hybridized carbons (Fsp3) is 0.263. The molecular weight excluding hydrogens is 378 g/mol. The standard InChI is InChI=1S/C19H21N5O3S/c1-13-8-17(26-2)18(27-3)9-14(13)10-28-11-19(25)21-15-4-6-16(7-5-15)24-12-20-22-23-24/h4-9,12H,10-11H2,1-3H3,(H,21,25). The molecule has 0 atom stereocenters. The molecule has 8 nitrogen and oxygen atoms in total. The number of aryl methyl sites for hydroxylation is 1. The molecule has 0 saturated heterocycles. The van der Waals surface area contributed by atoms with Gasteiger partial charge in [0.2, 0.25) is 5.91 Å². The number of rotatable bonds is 8. The zero-order valence-corrected chi connectivity index (χ0v) is 16.7. The molecule has 0 saturated carbocycles. The van der Waals surface area contributed by atoms with Gasteiger partial charge >= 0.3 is 0 Å². The van der Waals surface area contributed by atoms with Crippen molar-refractivity contribution in [1.29, 1.82) is 0 Å². The Morgan fingerprint density at radius 2 is 1.86 bits per heavy atom. The monoisotopic (exact) mass is 399 g/mol. The number of hydrogen-bond donors (Lipinski definition) is 1. The minimum absolute atomic E-state index is 0.0571. The number of nitrogens with zero attached hydrogens (tertiary/aromatic N) is 4. The van der Waals surface area contributed by atoms with Crippen molar-refractivity contribution in [3.63, 3.8) is 0 Å². The Balaban J connectivity index is 1.52. The van der Waals surface area contributed by atoms with E-state index in [1.165, 1.54) is 6.33 Å². The second kappa shape index (κ2) is 9.23. The average molecular weight is 399 g/mol. The van der Waals surface area contributed by atoms with Gasteiger partial charge in [0, 0.05) is 11.4 Å². The van der Waals surface area contributed by atoms with Crippen molar-refractivity contribution in [3.05, 3.63) is 53.9 Å². The topological polar surface area (TPSA) is 91.2 Å². The number of anilines is 1. The van der Waals surface area contributed by atoms with Gasteiger partial charge in [-0.05, 0) is 64.9 Å². The van der Waals surface area contributed by atoms with Crippen molar-refractivity contribution in [2.75, 3.05) is 25.3 Å². The van der Waals surface area contributed by atoms with Gasteiger partial charge in [-0.2, -0.15) is 0 Å². The van der Waals surface area contributed by atoms with Crippen LogP contribution in [0.3, 0.4) is 0 Å². The van der Waals surface area contributed by atoms with E-state index in [9.17, 15) is 4.79 Å². The number of aromatic nitrogens is 4. The Kier molecular flexibility index (Phi) is 6.49. The van der Waals surface area contributed by atoms with E-state index in [-0.39, 0.29) is 5.91 Å². The van der Waals surface area contributed by atoms with Gasteiger partial charge in [-0.25, -0.2) is 4.68 Å². The van der Waals surface area contributed by atoms with Crippen molar-refractivity contribution in [2.24, 2.45) is 0 Å². The Bertz CT molecular complexity index is 929. The highest BCUT2D eigenvalue weighted by Crippen LogP contribution is 2.31. The van der Waals surface area contributed by atoms with Crippen LogP contribution in [0.5, 0.6) is 11.5 Å². The van der Waals surface area contributed by atoms with Gasteiger partial charge in [0.25, 0.3) is 0 Å². The maximum atomic E-state index is 12.2. The predicted octanol–water partition coefficient (Wildman–Crippen LogP) is 2.86. The number of carbonyl (C=O) groups is 1. The van der Waals surface area contributed by atoms with Crippen LogP contribution in [0.1, 0.15) is 11.1 Å².